The Kier molecular flexibility index (Phi) is 5.29. The number of aliphatic hydroxyl groups is 1. The quantitative estimate of drug-likeness (QED) is 0.438. The highest BCUT2D eigenvalue weighted by Crippen LogP contribution is 2.50. The molecule has 1 fully saturated rings. The van der Waals surface area contributed by atoms with Gasteiger partial charge in [0.05, 0.1) is 18.6 Å². The van der Waals surface area contributed by atoms with E-state index in [9.17, 15) is 29.4 Å². The summed E-state index contributed by atoms with van der Waals surface area (Å²) in [6.45, 7) is 1.14. The Morgan fingerprint density at radius 1 is 1.39 bits per heavy atom. The fourth-order valence-electron chi connectivity index (χ4n) is 2.90. The van der Waals surface area contributed by atoms with Crippen LogP contribution >= 0.6 is 11.8 Å². The minimum Gasteiger partial charge on any atom is -0.476 e. The molecule has 0 unspecified atom stereocenters. The first kappa shape index (κ1) is 19.7. The number of nitrogens with two attached hydrogens (primary N) is 1. The minimum atomic E-state index is -1.34. The van der Waals surface area contributed by atoms with Crippen molar-refractivity contribution in [3.63, 3.8) is 0 Å². The molecule has 3 atom stereocenters. The predicted molar refractivity (Wildman–Crippen MR) is 96.7 cm³/mol. The standard InChI is InChI=1S/C17H17N3O7S/c1-7(21)11-14(24)20-12(16(25)26)17(28-15(11)20)27-9-4-2-3-8(5-9)13(23)19-6-10(18)22/h2-5,7,11,15,21H,6H2,1H3,(H2,18,22)(H,19,23)(H,25,26)/t7-,11+,15-/m1/s1. The molecule has 0 bridgehead atoms. The lowest BCUT2D eigenvalue weighted by Crippen LogP contribution is -2.60. The van der Waals surface area contributed by atoms with Gasteiger partial charge in [0.25, 0.3) is 5.91 Å². The summed E-state index contributed by atoms with van der Waals surface area (Å²) >= 11 is 1.02. The van der Waals surface area contributed by atoms with Crippen LogP contribution in [0.4, 0.5) is 0 Å². The van der Waals surface area contributed by atoms with Crippen LogP contribution in [0.15, 0.2) is 35.1 Å². The van der Waals surface area contributed by atoms with Gasteiger partial charge in [-0.05, 0) is 25.1 Å². The Balaban J connectivity index is 1.81. The van der Waals surface area contributed by atoms with E-state index in [1.165, 1.54) is 31.2 Å². The van der Waals surface area contributed by atoms with Gasteiger partial charge in [-0.25, -0.2) is 4.79 Å². The van der Waals surface area contributed by atoms with Crippen LogP contribution in [-0.4, -0.2) is 56.8 Å². The average Bonchev–Trinajstić information content (AvgIpc) is 2.93. The number of carbonyl (C=O) groups excluding carboxylic acids is 3. The molecule has 3 rings (SSSR count). The number of nitrogens with one attached hydrogen (secondary N) is 1. The van der Waals surface area contributed by atoms with Crippen molar-refractivity contribution in [2.75, 3.05) is 6.54 Å². The molecule has 1 aromatic rings. The van der Waals surface area contributed by atoms with Crippen molar-refractivity contribution in [2.24, 2.45) is 11.7 Å². The minimum absolute atomic E-state index is 0.0105. The number of benzene rings is 1. The van der Waals surface area contributed by atoms with Crippen LogP contribution in [0.25, 0.3) is 0 Å². The molecule has 1 aromatic carbocycles. The highest BCUT2D eigenvalue weighted by molar-refractivity contribution is 8.03. The maximum Gasteiger partial charge on any atom is 0.357 e. The molecule has 10 nitrogen and oxygen atoms in total. The molecule has 2 aliphatic heterocycles. The smallest absolute Gasteiger partial charge is 0.357 e. The van der Waals surface area contributed by atoms with Gasteiger partial charge in [0, 0.05) is 5.56 Å². The number of rotatable bonds is 7. The van der Waals surface area contributed by atoms with Crippen molar-refractivity contribution in [1.82, 2.24) is 10.2 Å². The fraction of sp³-hybridized carbons (Fsp3) is 0.294. The third kappa shape index (κ3) is 3.53. The lowest BCUT2D eigenvalue weighted by molar-refractivity contribution is -0.156. The summed E-state index contributed by atoms with van der Waals surface area (Å²) in [7, 11) is 0. The number of thioether (sulfide) groups is 1. The summed E-state index contributed by atoms with van der Waals surface area (Å²) in [6, 6.07) is 5.89. The maximum absolute atomic E-state index is 12.2. The Morgan fingerprint density at radius 3 is 2.71 bits per heavy atom. The third-order valence-electron chi connectivity index (χ3n) is 4.20. The van der Waals surface area contributed by atoms with Crippen LogP contribution in [0.3, 0.4) is 0 Å². The molecular formula is C17H17N3O7S. The largest absolute Gasteiger partial charge is 0.476 e. The zero-order chi connectivity index (χ0) is 20.6. The molecule has 148 valence electrons. The van der Waals surface area contributed by atoms with Gasteiger partial charge >= 0.3 is 5.97 Å². The van der Waals surface area contributed by atoms with Crippen molar-refractivity contribution >= 4 is 35.5 Å². The number of aliphatic carboxylic acids is 1. The number of fused-ring (bicyclic) bond motifs is 1. The Labute approximate surface area is 163 Å². The number of carboxylic acid groups (broad SMARTS) is 1. The first-order valence-electron chi connectivity index (χ1n) is 8.20. The van der Waals surface area contributed by atoms with E-state index in [2.05, 4.69) is 5.32 Å². The van der Waals surface area contributed by atoms with Crippen molar-refractivity contribution in [3.8, 4) is 5.75 Å². The van der Waals surface area contributed by atoms with Gasteiger partial charge in [0.15, 0.2) is 10.8 Å². The van der Waals surface area contributed by atoms with Gasteiger partial charge in [0.2, 0.25) is 11.8 Å². The van der Waals surface area contributed by atoms with E-state index in [0.29, 0.717) is 0 Å². The number of nitrogens with zero attached hydrogens (tertiary/aromatic N) is 1. The Bertz CT molecular complexity index is 898. The van der Waals surface area contributed by atoms with E-state index in [4.69, 9.17) is 10.5 Å². The number of carboxylic acids is 1. The van der Waals surface area contributed by atoms with E-state index < -0.39 is 41.1 Å². The molecule has 2 aliphatic rings. The molecule has 0 aromatic heterocycles. The summed E-state index contributed by atoms with van der Waals surface area (Å²) in [6.07, 6.45) is -0.923. The molecule has 2 heterocycles. The topological polar surface area (TPSA) is 159 Å². The van der Waals surface area contributed by atoms with E-state index in [1.807, 2.05) is 0 Å². The van der Waals surface area contributed by atoms with Crippen molar-refractivity contribution in [1.29, 1.82) is 0 Å². The molecule has 28 heavy (non-hydrogen) atoms. The molecule has 1 saturated heterocycles. The van der Waals surface area contributed by atoms with Crippen molar-refractivity contribution in [2.45, 2.75) is 18.4 Å². The van der Waals surface area contributed by atoms with Crippen LogP contribution in [-0.2, 0) is 14.4 Å². The van der Waals surface area contributed by atoms with E-state index >= 15 is 0 Å². The number of amides is 3. The van der Waals surface area contributed by atoms with E-state index in [0.717, 1.165) is 16.7 Å². The maximum atomic E-state index is 12.2. The van der Waals surface area contributed by atoms with Gasteiger partial charge in [-0.1, -0.05) is 17.8 Å². The lowest BCUT2D eigenvalue weighted by Gasteiger charge is -2.43. The van der Waals surface area contributed by atoms with Crippen molar-refractivity contribution in [3.05, 3.63) is 40.6 Å². The molecule has 0 radical (unpaired) electrons. The molecule has 11 heteroatoms. The molecule has 0 aliphatic carbocycles. The second-order valence-electron chi connectivity index (χ2n) is 6.20. The fourth-order valence-corrected chi connectivity index (χ4v) is 4.36. The highest BCUT2D eigenvalue weighted by atomic mass is 32.2. The number of carbonyl (C=O) groups is 4. The summed E-state index contributed by atoms with van der Waals surface area (Å²) < 4.78 is 5.64. The van der Waals surface area contributed by atoms with Crippen molar-refractivity contribution < 1.29 is 34.1 Å². The highest BCUT2D eigenvalue weighted by Gasteiger charge is 2.58. The van der Waals surface area contributed by atoms with Gasteiger partial charge < -0.3 is 26.0 Å². The molecule has 3 amide bonds. The first-order valence-corrected chi connectivity index (χ1v) is 9.08. The second-order valence-corrected chi connectivity index (χ2v) is 7.29. The predicted octanol–water partition coefficient (Wildman–Crippen LogP) is -0.554. The van der Waals surface area contributed by atoms with Crippen LogP contribution in [0, 0.1) is 5.92 Å². The molecule has 0 saturated carbocycles. The molecule has 0 spiro atoms. The summed E-state index contributed by atoms with van der Waals surface area (Å²) in [5.41, 5.74) is 4.86. The normalized spacial score (nSPS) is 21.6. The first-order chi connectivity index (χ1) is 13.2. The van der Waals surface area contributed by atoms with E-state index in [-0.39, 0.29) is 28.6 Å². The zero-order valence-corrected chi connectivity index (χ0v) is 15.4. The Morgan fingerprint density at radius 2 is 2.11 bits per heavy atom. The lowest BCUT2D eigenvalue weighted by atomic mass is 9.92. The van der Waals surface area contributed by atoms with Crippen LogP contribution < -0.4 is 15.8 Å². The summed E-state index contributed by atoms with van der Waals surface area (Å²) in [5, 5.41) is 21.0. The average molecular weight is 407 g/mol. The summed E-state index contributed by atoms with van der Waals surface area (Å²) in [4.78, 5) is 47.7. The third-order valence-corrected chi connectivity index (χ3v) is 5.43. The Hall–Kier alpha value is -3.05. The van der Waals surface area contributed by atoms with E-state index in [1.54, 1.807) is 0 Å². The van der Waals surface area contributed by atoms with Crippen LogP contribution in [0.2, 0.25) is 0 Å². The number of primary amides is 1. The number of aliphatic hydroxyl groups excluding tert-OH is 1. The number of ether oxygens (including phenoxy) is 1. The van der Waals surface area contributed by atoms with Gasteiger partial charge in [-0.2, -0.15) is 0 Å². The number of hydrogen-bond acceptors (Lipinski definition) is 7. The summed E-state index contributed by atoms with van der Waals surface area (Å²) in [5.74, 6) is -3.60. The second kappa shape index (κ2) is 7.52. The van der Waals surface area contributed by atoms with Gasteiger partial charge in [0.1, 0.15) is 11.1 Å². The molecule has 5 N–H and O–H groups in total. The SMILES string of the molecule is C[C@@H](O)[C@H]1C(=O)N2C(C(=O)O)=C(Oc3cccc(C(=O)NCC(N)=O)c3)S[C@H]12. The monoisotopic (exact) mass is 407 g/mol. The van der Waals surface area contributed by atoms with Gasteiger partial charge in [-0.15, -0.1) is 0 Å². The number of β-lactam (4-membered cyclic amide) rings is 1. The molecular weight excluding hydrogens is 390 g/mol. The number of hydrogen-bond donors (Lipinski definition) is 4. The van der Waals surface area contributed by atoms with Crippen LogP contribution in [0.5, 0.6) is 5.75 Å². The zero-order valence-electron chi connectivity index (χ0n) is 14.6. The van der Waals surface area contributed by atoms with Crippen LogP contribution in [0.1, 0.15) is 17.3 Å². The van der Waals surface area contributed by atoms with Gasteiger partial charge in [-0.3, -0.25) is 19.3 Å².